The van der Waals surface area contributed by atoms with Gasteiger partial charge in [0.15, 0.2) is 0 Å². The van der Waals surface area contributed by atoms with Crippen molar-refractivity contribution >= 4 is 0 Å². The van der Waals surface area contributed by atoms with Crippen LogP contribution < -0.4 is 11.2 Å². The van der Waals surface area contributed by atoms with Gasteiger partial charge in [-0.3, -0.25) is 14.3 Å². The second kappa shape index (κ2) is 5.45. The fourth-order valence-corrected chi connectivity index (χ4v) is 1.26. The number of aromatic nitrogens is 2. The molecule has 7 heteroatoms. The van der Waals surface area contributed by atoms with Crippen LogP contribution in [0.5, 0.6) is 5.88 Å². The Labute approximate surface area is 90.3 Å². The first-order valence-electron chi connectivity index (χ1n) is 4.78. The van der Waals surface area contributed by atoms with E-state index in [4.69, 9.17) is 4.74 Å². The lowest BCUT2D eigenvalue weighted by Gasteiger charge is -2.07. The lowest BCUT2D eigenvalue weighted by atomic mass is 10.3. The van der Waals surface area contributed by atoms with Gasteiger partial charge < -0.3 is 9.84 Å². The first-order valence-corrected chi connectivity index (χ1v) is 4.78. The number of methoxy groups -OCH3 is 1. The maximum atomic E-state index is 13.0. The predicted octanol–water partition coefficient (Wildman–Crippen LogP) is -0.192. The van der Waals surface area contributed by atoms with Crippen LogP contribution in [0, 0.1) is 5.82 Å². The Morgan fingerprint density at radius 1 is 1.44 bits per heavy atom. The highest BCUT2D eigenvalue weighted by atomic mass is 19.1. The summed E-state index contributed by atoms with van der Waals surface area (Å²) < 4.78 is 18.6. The van der Waals surface area contributed by atoms with Gasteiger partial charge in [0, 0.05) is 20.3 Å². The number of aromatic hydroxyl groups is 1. The Morgan fingerprint density at radius 3 is 2.75 bits per heavy atom. The van der Waals surface area contributed by atoms with Crippen LogP contribution >= 0.6 is 0 Å². The van der Waals surface area contributed by atoms with E-state index >= 15 is 0 Å². The largest absolute Gasteiger partial charge is 0.492 e. The molecule has 0 spiro atoms. The Bertz CT molecular complexity index is 466. The molecule has 0 bridgehead atoms. The number of hydrogen-bond donors (Lipinski definition) is 2. The third-order valence-electron chi connectivity index (χ3n) is 2.10. The zero-order valence-corrected chi connectivity index (χ0v) is 8.83. The monoisotopic (exact) mass is 232 g/mol. The van der Waals surface area contributed by atoms with Crippen molar-refractivity contribution < 1.29 is 14.2 Å². The number of unbranched alkanes of at least 4 members (excludes halogenated alkanes) is 1. The number of halogens is 1. The van der Waals surface area contributed by atoms with Crippen molar-refractivity contribution in [1.82, 2.24) is 9.55 Å². The molecule has 0 amide bonds. The van der Waals surface area contributed by atoms with Crippen molar-refractivity contribution in [3.05, 3.63) is 26.7 Å². The van der Waals surface area contributed by atoms with E-state index in [1.165, 1.54) is 0 Å². The summed E-state index contributed by atoms with van der Waals surface area (Å²) in [5.74, 6) is -2.27. The number of hydrogen-bond acceptors (Lipinski definition) is 4. The Kier molecular flexibility index (Phi) is 4.24. The van der Waals surface area contributed by atoms with Crippen LogP contribution in [-0.4, -0.2) is 28.4 Å². The summed E-state index contributed by atoms with van der Waals surface area (Å²) in [7, 11) is 1.54. The highest BCUT2D eigenvalue weighted by molar-refractivity contribution is 5.09. The molecular weight excluding hydrogens is 219 g/mol. The summed E-state index contributed by atoms with van der Waals surface area (Å²) >= 11 is 0. The molecular formula is C9H13FN2O4. The molecule has 0 unspecified atom stereocenters. The quantitative estimate of drug-likeness (QED) is 0.689. The first-order chi connectivity index (χ1) is 7.57. The number of ether oxygens (including phenoxy) is 1. The van der Waals surface area contributed by atoms with E-state index < -0.39 is 22.9 Å². The highest BCUT2D eigenvalue weighted by Gasteiger charge is 2.12. The third-order valence-corrected chi connectivity index (χ3v) is 2.10. The van der Waals surface area contributed by atoms with Gasteiger partial charge in [0.05, 0.1) is 0 Å². The smallest absolute Gasteiger partial charge is 0.331 e. The fourth-order valence-electron chi connectivity index (χ4n) is 1.26. The van der Waals surface area contributed by atoms with Gasteiger partial charge in [0.25, 0.3) is 5.56 Å². The van der Waals surface area contributed by atoms with E-state index in [9.17, 15) is 19.1 Å². The van der Waals surface area contributed by atoms with Crippen molar-refractivity contribution in [1.29, 1.82) is 0 Å². The number of H-pyrrole nitrogens is 1. The summed E-state index contributed by atoms with van der Waals surface area (Å²) in [6, 6.07) is 0. The average molecular weight is 232 g/mol. The molecule has 0 fully saturated rings. The van der Waals surface area contributed by atoms with E-state index in [-0.39, 0.29) is 6.54 Å². The molecule has 16 heavy (non-hydrogen) atoms. The molecule has 0 saturated heterocycles. The zero-order chi connectivity index (χ0) is 12.1. The molecule has 1 aromatic heterocycles. The second-order valence-electron chi connectivity index (χ2n) is 3.25. The lowest BCUT2D eigenvalue weighted by Crippen LogP contribution is -2.32. The summed E-state index contributed by atoms with van der Waals surface area (Å²) in [6.45, 7) is 0.642. The normalized spacial score (nSPS) is 10.6. The second-order valence-corrected chi connectivity index (χ2v) is 3.25. The van der Waals surface area contributed by atoms with Crippen molar-refractivity contribution in [2.45, 2.75) is 19.4 Å². The molecule has 0 aliphatic rings. The van der Waals surface area contributed by atoms with Crippen LogP contribution in [0.2, 0.25) is 0 Å². The number of aromatic amines is 1. The van der Waals surface area contributed by atoms with Crippen LogP contribution in [0.3, 0.4) is 0 Å². The minimum absolute atomic E-state index is 0.127. The van der Waals surface area contributed by atoms with E-state index in [0.717, 1.165) is 4.57 Å². The van der Waals surface area contributed by atoms with E-state index in [1.807, 2.05) is 0 Å². The number of nitrogens with one attached hydrogen (secondary N) is 1. The van der Waals surface area contributed by atoms with Crippen molar-refractivity contribution in [3.63, 3.8) is 0 Å². The maximum absolute atomic E-state index is 13.0. The van der Waals surface area contributed by atoms with Gasteiger partial charge in [-0.25, -0.2) is 4.79 Å². The molecule has 0 aliphatic heterocycles. The van der Waals surface area contributed by atoms with Crippen molar-refractivity contribution in [2.75, 3.05) is 13.7 Å². The Hall–Kier alpha value is -1.63. The van der Waals surface area contributed by atoms with Crippen LogP contribution in [0.15, 0.2) is 9.59 Å². The highest BCUT2D eigenvalue weighted by Crippen LogP contribution is 2.08. The zero-order valence-electron chi connectivity index (χ0n) is 8.83. The van der Waals surface area contributed by atoms with Gasteiger partial charge in [-0.2, -0.15) is 4.39 Å². The van der Waals surface area contributed by atoms with E-state index in [0.29, 0.717) is 19.4 Å². The van der Waals surface area contributed by atoms with Gasteiger partial charge >= 0.3 is 5.69 Å². The molecule has 1 heterocycles. The summed E-state index contributed by atoms with van der Waals surface area (Å²) in [5.41, 5.74) is -2.03. The molecule has 0 atom stereocenters. The van der Waals surface area contributed by atoms with Gasteiger partial charge in [-0.1, -0.05) is 0 Å². The predicted molar refractivity (Wildman–Crippen MR) is 54.1 cm³/mol. The maximum Gasteiger partial charge on any atom is 0.331 e. The molecule has 2 N–H and O–H groups in total. The minimum Gasteiger partial charge on any atom is -0.492 e. The standard InChI is InChI=1S/C9H13FN2O4/c1-16-5-3-2-4-12-8(14)6(10)7(13)11-9(12)15/h14H,2-5H2,1H3,(H,11,13,15). The van der Waals surface area contributed by atoms with E-state index in [2.05, 4.69) is 0 Å². The van der Waals surface area contributed by atoms with Crippen LogP contribution in [0.1, 0.15) is 12.8 Å². The van der Waals surface area contributed by atoms with Gasteiger partial charge in [0.1, 0.15) is 0 Å². The number of nitrogens with zero attached hydrogens (tertiary/aromatic N) is 1. The molecule has 1 aromatic rings. The van der Waals surface area contributed by atoms with Gasteiger partial charge in [-0.05, 0) is 12.8 Å². The summed E-state index contributed by atoms with van der Waals surface area (Å²) in [5, 5.41) is 9.25. The van der Waals surface area contributed by atoms with Crippen LogP contribution in [-0.2, 0) is 11.3 Å². The van der Waals surface area contributed by atoms with E-state index in [1.54, 1.807) is 12.1 Å². The molecule has 1 rings (SSSR count). The van der Waals surface area contributed by atoms with Gasteiger partial charge in [-0.15, -0.1) is 0 Å². The molecule has 0 aliphatic carbocycles. The van der Waals surface area contributed by atoms with Crippen LogP contribution in [0.25, 0.3) is 0 Å². The third kappa shape index (κ3) is 2.69. The first kappa shape index (κ1) is 12.4. The molecule has 0 radical (unpaired) electrons. The van der Waals surface area contributed by atoms with Gasteiger partial charge in [0.2, 0.25) is 11.7 Å². The number of rotatable bonds is 5. The van der Waals surface area contributed by atoms with Crippen molar-refractivity contribution in [2.24, 2.45) is 0 Å². The summed E-state index contributed by atoms with van der Waals surface area (Å²) in [4.78, 5) is 23.8. The molecule has 6 nitrogen and oxygen atoms in total. The summed E-state index contributed by atoms with van der Waals surface area (Å²) in [6.07, 6.45) is 1.20. The molecule has 90 valence electrons. The average Bonchev–Trinajstić information content (AvgIpc) is 2.25. The minimum atomic E-state index is -1.34. The molecule has 0 aromatic carbocycles. The fraction of sp³-hybridized carbons (Fsp3) is 0.556. The van der Waals surface area contributed by atoms with Crippen molar-refractivity contribution in [3.8, 4) is 5.88 Å². The Balaban J connectivity index is 2.84. The topological polar surface area (TPSA) is 84.3 Å². The Morgan fingerprint density at radius 2 is 2.12 bits per heavy atom. The van der Waals surface area contributed by atoms with Crippen LogP contribution in [0.4, 0.5) is 4.39 Å². The lowest BCUT2D eigenvalue weighted by molar-refractivity contribution is 0.190. The SMILES string of the molecule is COCCCCn1c(O)c(F)c(=O)[nH]c1=O. The molecule has 0 saturated carbocycles.